The molecule has 3 heteroatoms. The highest BCUT2D eigenvalue weighted by atomic mass is 35.5. The van der Waals surface area contributed by atoms with Crippen molar-refractivity contribution in [1.82, 2.24) is 0 Å². The van der Waals surface area contributed by atoms with Gasteiger partial charge in [-0.25, -0.2) is 0 Å². The first-order valence-electron chi connectivity index (χ1n) is 3.63. The largest absolute Gasteiger partial charge is 0.423 e. The summed E-state index contributed by atoms with van der Waals surface area (Å²) in [6.07, 6.45) is 1.06. The number of hydrogen-bond donors (Lipinski definition) is 0. The lowest BCUT2D eigenvalue weighted by atomic mass is 9.96. The topological polar surface area (TPSA) is 9.23 Å². The second-order valence-corrected chi connectivity index (χ2v) is 4.14. The number of alkyl halides is 1. The second kappa shape index (κ2) is 4.37. The highest BCUT2D eigenvalue weighted by molar-refractivity contribution is 6.18. The normalized spacial score (nSPS) is 15.6. The van der Waals surface area contributed by atoms with Gasteiger partial charge in [-0.3, -0.25) is 0 Å². The van der Waals surface area contributed by atoms with Crippen LogP contribution >= 0.6 is 11.6 Å². The van der Waals surface area contributed by atoms with Crippen LogP contribution in [0.4, 0.5) is 0 Å². The van der Waals surface area contributed by atoms with Crippen LogP contribution in [-0.2, 0) is 4.43 Å². The van der Waals surface area contributed by atoms with E-state index in [2.05, 4.69) is 20.8 Å². The van der Waals surface area contributed by atoms with Crippen LogP contribution < -0.4 is 0 Å². The van der Waals surface area contributed by atoms with Crippen molar-refractivity contribution in [3.8, 4) is 0 Å². The van der Waals surface area contributed by atoms with Crippen molar-refractivity contribution < 1.29 is 4.43 Å². The van der Waals surface area contributed by atoms with Crippen LogP contribution in [0.3, 0.4) is 0 Å². The van der Waals surface area contributed by atoms with Gasteiger partial charge in [0.25, 0.3) is 0 Å². The maximum absolute atomic E-state index is 5.67. The summed E-state index contributed by atoms with van der Waals surface area (Å²) in [5.74, 6) is 1.29. The van der Waals surface area contributed by atoms with Crippen LogP contribution in [0.5, 0.6) is 0 Å². The van der Waals surface area contributed by atoms with Crippen molar-refractivity contribution in [2.45, 2.75) is 32.8 Å². The minimum absolute atomic E-state index is 0.0422. The van der Waals surface area contributed by atoms with E-state index in [1.807, 2.05) is 0 Å². The van der Waals surface area contributed by atoms with E-state index in [9.17, 15) is 0 Å². The Morgan fingerprint density at radius 2 is 2.10 bits per heavy atom. The Hall–Kier alpha value is 0.467. The standard InChI is InChI=1S/C7H17ClOSi/c1-6(5-8)4-7(2,3)9-10/h6H,4-5H2,1-3,10H3. The molecule has 0 aromatic carbocycles. The molecular weight excluding hydrogens is 164 g/mol. The van der Waals surface area contributed by atoms with Gasteiger partial charge in [0.1, 0.15) is 10.5 Å². The van der Waals surface area contributed by atoms with Gasteiger partial charge in [-0.15, -0.1) is 11.6 Å². The maximum atomic E-state index is 5.67. The van der Waals surface area contributed by atoms with E-state index in [-0.39, 0.29) is 5.60 Å². The first-order chi connectivity index (χ1) is 4.52. The van der Waals surface area contributed by atoms with Crippen molar-refractivity contribution in [2.24, 2.45) is 5.92 Å². The molecule has 0 N–H and O–H groups in total. The minimum atomic E-state index is 0.0422. The third-order valence-corrected chi connectivity index (χ3v) is 3.29. The smallest absolute Gasteiger partial charge is 0.146 e. The fourth-order valence-corrected chi connectivity index (χ4v) is 1.25. The average Bonchev–Trinajstić information content (AvgIpc) is 1.87. The van der Waals surface area contributed by atoms with Gasteiger partial charge >= 0.3 is 0 Å². The van der Waals surface area contributed by atoms with Gasteiger partial charge in [0, 0.05) is 11.5 Å². The summed E-state index contributed by atoms with van der Waals surface area (Å²) >= 11 is 5.67. The van der Waals surface area contributed by atoms with E-state index in [4.69, 9.17) is 16.0 Å². The van der Waals surface area contributed by atoms with Crippen molar-refractivity contribution >= 4 is 22.1 Å². The maximum Gasteiger partial charge on any atom is 0.146 e. The predicted octanol–water partition coefficient (Wildman–Crippen LogP) is 1.33. The van der Waals surface area contributed by atoms with Gasteiger partial charge < -0.3 is 4.43 Å². The monoisotopic (exact) mass is 180 g/mol. The van der Waals surface area contributed by atoms with E-state index in [1.54, 1.807) is 0 Å². The Labute approximate surface area is 71.6 Å². The summed E-state index contributed by atoms with van der Waals surface area (Å²) in [6.45, 7) is 6.38. The van der Waals surface area contributed by atoms with E-state index >= 15 is 0 Å². The lowest BCUT2D eigenvalue weighted by Gasteiger charge is -2.26. The summed E-state index contributed by atoms with van der Waals surface area (Å²) in [7, 11) is 0.812. The van der Waals surface area contributed by atoms with Crippen LogP contribution in [0, 0.1) is 5.92 Å². The molecule has 0 aromatic rings. The van der Waals surface area contributed by atoms with Gasteiger partial charge in [-0.05, 0) is 26.2 Å². The van der Waals surface area contributed by atoms with Crippen LogP contribution in [0.15, 0.2) is 0 Å². The summed E-state index contributed by atoms with van der Waals surface area (Å²) < 4.78 is 5.39. The average molecular weight is 181 g/mol. The summed E-state index contributed by atoms with van der Waals surface area (Å²) in [5.41, 5.74) is 0.0422. The Morgan fingerprint density at radius 3 is 2.40 bits per heavy atom. The second-order valence-electron chi connectivity index (χ2n) is 3.43. The molecule has 62 valence electrons. The number of hydrogen-bond acceptors (Lipinski definition) is 1. The summed E-state index contributed by atoms with van der Waals surface area (Å²) in [5, 5.41) is 0. The van der Waals surface area contributed by atoms with E-state index in [1.165, 1.54) is 0 Å². The molecule has 0 aliphatic rings. The molecule has 1 nitrogen and oxygen atoms in total. The molecule has 0 amide bonds. The zero-order valence-electron chi connectivity index (χ0n) is 7.28. The van der Waals surface area contributed by atoms with Crippen molar-refractivity contribution in [3.63, 3.8) is 0 Å². The van der Waals surface area contributed by atoms with Gasteiger partial charge in [0.05, 0.1) is 0 Å². The molecule has 0 heterocycles. The predicted molar refractivity (Wildman–Crippen MR) is 49.6 cm³/mol. The Morgan fingerprint density at radius 1 is 1.60 bits per heavy atom. The molecule has 0 rings (SSSR count). The Bertz CT molecular complexity index is 95.6. The van der Waals surface area contributed by atoms with E-state index in [0.717, 1.165) is 22.8 Å². The zero-order chi connectivity index (χ0) is 8.20. The van der Waals surface area contributed by atoms with Crippen LogP contribution in [0.2, 0.25) is 0 Å². The number of halogens is 1. The zero-order valence-corrected chi connectivity index (χ0v) is 10.0. The molecule has 0 saturated heterocycles. The van der Waals surface area contributed by atoms with Crippen molar-refractivity contribution in [2.75, 3.05) is 5.88 Å². The molecule has 0 saturated carbocycles. The highest BCUT2D eigenvalue weighted by Crippen LogP contribution is 2.19. The lowest BCUT2D eigenvalue weighted by molar-refractivity contribution is 0.0977. The Balaban J connectivity index is 3.64. The molecular formula is C7H17ClOSi. The quantitative estimate of drug-likeness (QED) is 0.469. The van der Waals surface area contributed by atoms with Crippen LogP contribution in [-0.4, -0.2) is 22.0 Å². The molecule has 0 radical (unpaired) electrons. The van der Waals surface area contributed by atoms with Crippen LogP contribution in [0.25, 0.3) is 0 Å². The van der Waals surface area contributed by atoms with Gasteiger partial charge in [-0.2, -0.15) is 0 Å². The summed E-state index contributed by atoms with van der Waals surface area (Å²) in [4.78, 5) is 0. The minimum Gasteiger partial charge on any atom is -0.423 e. The fraction of sp³-hybridized carbons (Fsp3) is 1.00. The highest BCUT2D eigenvalue weighted by Gasteiger charge is 2.18. The first kappa shape index (κ1) is 10.5. The SMILES string of the molecule is CC(CCl)CC(C)(C)O[SiH3]. The molecule has 0 aromatic heterocycles. The third-order valence-electron chi connectivity index (χ3n) is 1.66. The first-order valence-corrected chi connectivity index (χ1v) is 4.98. The van der Waals surface area contributed by atoms with Crippen LogP contribution in [0.1, 0.15) is 27.2 Å². The molecule has 0 bridgehead atoms. The van der Waals surface area contributed by atoms with E-state index < -0.39 is 0 Å². The molecule has 0 aliphatic carbocycles. The van der Waals surface area contributed by atoms with E-state index in [0.29, 0.717) is 5.92 Å². The Kier molecular flexibility index (Phi) is 4.57. The molecule has 1 atom stereocenters. The van der Waals surface area contributed by atoms with Crippen molar-refractivity contribution in [3.05, 3.63) is 0 Å². The lowest BCUT2D eigenvalue weighted by Crippen LogP contribution is -2.26. The molecule has 1 unspecified atom stereocenters. The number of rotatable bonds is 4. The molecule has 10 heavy (non-hydrogen) atoms. The molecule has 0 aliphatic heterocycles. The molecule has 0 spiro atoms. The third kappa shape index (κ3) is 4.31. The van der Waals surface area contributed by atoms with Gasteiger partial charge in [-0.1, -0.05) is 6.92 Å². The van der Waals surface area contributed by atoms with Gasteiger partial charge in [0.2, 0.25) is 0 Å². The van der Waals surface area contributed by atoms with Gasteiger partial charge in [0.15, 0.2) is 0 Å². The fourth-order valence-electron chi connectivity index (χ4n) is 0.977. The molecule has 0 fully saturated rings. The van der Waals surface area contributed by atoms with Crippen molar-refractivity contribution in [1.29, 1.82) is 0 Å². The summed E-state index contributed by atoms with van der Waals surface area (Å²) in [6, 6.07) is 0.